The molecule has 0 spiro atoms. The predicted octanol–water partition coefficient (Wildman–Crippen LogP) is 3.98. The number of hydrogen-bond donors (Lipinski definition) is 2. The molecule has 12 heteroatoms. The molecule has 5 rings (SSSR count). The Kier molecular flexibility index (Phi) is 8.88. The number of nitrogens with zero attached hydrogens (tertiary/aromatic N) is 1. The number of ketones is 1. The number of fused-ring (bicyclic) bond motifs is 1. The Hall–Kier alpha value is -4.16. The van der Waals surface area contributed by atoms with Gasteiger partial charge in [0.2, 0.25) is 11.8 Å². The Morgan fingerprint density at radius 1 is 0.930 bits per heavy atom. The van der Waals surface area contributed by atoms with Gasteiger partial charge < -0.3 is 25.0 Å². The van der Waals surface area contributed by atoms with Gasteiger partial charge in [-0.2, -0.15) is 11.3 Å². The standard InChI is InChI=1S/C31H31N3O7S2/c1-31(2,3)41-30(39)33-22(20-14-15-42-16-20)26(36)32-23-27(37)34-24(21(35)17-43-28(23)34)29(38)40-25(18-10-6-4-7-11-18)19-12-8-5-9-13-19/h4-16,22-25,28H,17H2,1-3H3,(H,32,36)(H,33,39)/t22?,23-,24?,28+/m1/s1. The van der Waals surface area contributed by atoms with Gasteiger partial charge in [0, 0.05) is 0 Å². The maximum Gasteiger partial charge on any atom is 0.408 e. The molecule has 2 saturated heterocycles. The summed E-state index contributed by atoms with van der Waals surface area (Å²) in [6.07, 6.45) is -1.57. The highest BCUT2D eigenvalue weighted by Gasteiger charge is 2.58. The molecule has 3 aromatic rings. The van der Waals surface area contributed by atoms with Crippen LogP contribution in [-0.2, 0) is 28.7 Å². The third-order valence-electron chi connectivity index (χ3n) is 6.82. The molecule has 3 heterocycles. The van der Waals surface area contributed by atoms with E-state index in [0.717, 1.165) is 11.8 Å². The molecular formula is C31H31N3O7S2. The molecule has 43 heavy (non-hydrogen) atoms. The van der Waals surface area contributed by atoms with E-state index in [1.54, 1.807) is 37.6 Å². The van der Waals surface area contributed by atoms with Crippen molar-refractivity contribution in [1.29, 1.82) is 0 Å². The van der Waals surface area contributed by atoms with Gasteiger partial charge in [0.1, 0.15) is 23.1 Å². The third-order valence-corrected chi connectivity index (χ3v) is 8.81. The average molecular weight is 622 g/mol. The van der Waals surface area contributed by atoms with E-state index in [2.05, 4.69) is 10.6 Å². The summed E-state index contributed by atoms with van der Waals surface area (Å²) in [5.74, 6) is -2.53. The fourth-order valence-corrected chi connectivity index (χ4v) is 6.83. The van der Waals surface area contributed by atoms with Gasteiger partial charge in [-0.05, 0) is 54.3 Å². The Balaban J connectivity index is 1.31. The highest BCUT2D eigenvalue weighted by Crippen LogP contribution is 2.38. The van der Waals surface area contributed by atoms with Crippen molar-refractivity contribution in [2.75, 3.05) is 5.75 Å². The van der Waals surface area contributed by atoms with E-state index in [1.807, 2.05) is 60.7 Å². The van der Waals surface area contributed by atoms with Crippen LogP contribution in [0.3, 0.4) is 0 Å². The van der Waals surface area contributed by atoms with Gasteiger partial charge in [0.25, 0.3) is 0 Å². The minimum atomic E-state index is -1.44. The first kappa shape index (κ1) is 30.3. The Morgan fingerprint density at radius 3 is 2.12 bits per heavy atom. The van der Waals surface area contributed by atoms with Gasteiger partial charge in [-0.15, -0.1) is 11.8 Å². The lowest BCUT2D eigenvalue weighted by Gasteiger charge is -2.51. The first-order valence-corrected chi connectivity index (χ1v) is 15.6. The van der Waals surface area contributed by atoms with Crippen LogP contribution in [-0.4, -0.2) is 63.4 Å². The highest BCUT2D eigenvalue weighted by atomic mass is 32.2. The van der Waals surface area contributed by atoms with Crippen LogP contribution in [0.2, 0.25) is 0 Å². The number of thioether (sulfide) groups is 1. The summed E-state index contributed by atoms with van der Waals surface area (Å²) in [4.78, 5) is 67.0. The number of alkyl carbamates (subject to hydrolysis) is 1. The van der Waals surface area contributed by atoms with Gasteiger partial charge in [-0.25, -0.2) is 9.59 Å². The number of rotatable bonds is 8. The van der Waals surface area contributed by atoms with E-state index >= 15 is 0 Å². The van der Waals surface area contributed by atoms with Crippen LogP contribution in [0.4, 0.5) is 4.79 Å². The molecule has 2 fully saturated rings. The van der Waals surface area contributed by atoms with Crippen molar-refractivity contribution in [2.24, 2.45) is 0 Å². The lowest BCUT2D eigenvalue weighted by molar-refractivity contribution is -0.170. The summed E-state index contributed by atoms with van der Waals surface area (Å²) in [6, 6.07) is 16.4. The molecule has 2 N–H and O–H groups in total. The zero-order chi connectivity index (χ0) is 30.7. The average Bonchev–Trinajstić information content (AvgIpc) is 3.52. The first-order chi connectivity index (χ1) is 20.5. The highest BCUT2D eigenvalue weighted by molar-refractivity contribution is 8.00. The molecule has 2 aromatic carbocycles. The van der Waals surface area contributed by atoms with E-state index < -0.39 is 64.9 Å². The summed E-state index contributed by atoms with van der Waals surface area (Å²) in [5, 5.41) is 8.10. The topological polar surface area (TPSA) is 131 Å². The molecule has 3 amide bonds. The van der Waals surface area contributed by atoms with Crippen molar-refractivity contribution >= 4 is 52.8 Å². The van der Waals surface area contributed by atoms with Crippen LogP contribution >= 0.6 is 23.1 Å². The Morgan fingerprint density at radius 2 is 1.56 bits per heavy atom. The molecule has 0 radical (unpaired) electrons. The summed E-state index contributed by atoms with van der Waals surface area (Å²) in [6.45, 7) is 5.12. The van der Waals surface area contributed by atoms with E-state index in [0.29, 0.717) is 16.7 Å². The molecule has 0 bridgehead atoms. The lowest BCUT2D eigenvalue weighted by Crippen LogP contribution is -2.76. The number of ether oxygens (including phenoxy) is 2. The number of amides is 3. The smallest absolute Gasteiger partial charge is 0.408 e. The second kappa shape index (κ2) is 12.6. The van der Waals surface area contributed by atoms with Crippen molar-refractivity contribution in [1.82, 2.24) is 15.5 Å². The third kappa shape index (κ3) is 6.75. The molecule has 0 aliphatic carbocycles. The summed E-state index contributed by atoms with van der Waals surface area (Å²) < 4.78 is 11.2. The normalized spacial score (nSPS) is 20.5. The van der Waals surface area contributed by atoms with Gasteiger partial charge in [0.15, 0.2) is 17.9 Å². The molecule has 2 aliphatic heterocycles. The van der Waals surface area contributed by atoms with Crippen molar-refractivity contribution in [3.8, 4) is 0 Å². The SMILES string of the molecule is CC(C)(C)OC(=O)NC(C(=O)N[C@@H]1C(=O)N2C(C(=O)OC(c3ccccc3)c3ccccc3)C(=O)CS[C@@H]12)c1ccsc1. The zero-order valence-electron chi connectivity index (χ0n) is 23.7. The monoisotopic (exact) mass is 621 g/mol. The molecule has 1 aromatic heterocycles. The Labute approximate surface area is 257 Å². The van der Waals surface area contributed by atoms with Crippen molar-refractivity contribution in [2.45, 2.75) is 56.0 Å². The number of carbonyl (C=O) groups excluding carboxylic acids is 5. The van der Waals surface area contributed by atoms with Crippen molar-refractivity contribution < 1.29 is 33.4 Å². The fraction of sp³-hybridized carbons (Fsp3) is 0.323. The number of β-lactam (4-membered cyclic amide) rings is 1. The second-order valence-corrected chi connectivity index (χ2v) is 13.0. The van der Waals surface area contributed by atoms with Gasteiger partial charge >= 0.3 is 12.1 Å². The second-order valence-electron chi connectivity index (χ2n) is 11.1. The maximum absolute atomic E-state index is 13.5. The summed E-state index contributed by atoms with van der Waals surface area (Å²) in [7, 11) is 0. The van der Waals surface area contributed by atoms with Gasteiger partial charge in [-0.3, -0.25) is 14.4 Å². The number of Topliss-reactive ketones (excluding diaryl/α,β-unsaturated/α-hetero) is 1. The fourth-order valence-electron chi connectivity index (χ4n) is 4.88. The van der Waals surface area contributed by atoms with Crippen molar-refractivity contribution in [3.05, 3.63) is 94.2 Å². The minimum absolute atomic E-state index is 0.0357. The first-order valence-electron chi connectivity index (χ1n) is 13.6. The van der Waals surface area contributed by atoms with E-state index in [4.69, 9.17) is 9.47 Å². The zero-order valence-corrected chi connectivity index (χ0v) is 25.4. The molecule has 4 atom stereocenters. The Bertz CT molecular complexity index is 1450. The summed E-state index contributed by atoms with van der Waals surface area (Å²) in [5.41, 5.74) is 1.18. The molecule has 0 saturated carbocycles. The number of benzene rings is 2. The molecular weight excluding hydrogens is 590 g/mol. The molecule has 2 aliphatic rings. The number of hydrogen-bond acceptors (Lipinski definition) is 9. The number of thiophene rings is 1. The minimum Gasteiger partial charge on any atom is -0.451 e. The number of carbonyl (C=O) groups is 5. The molecule has 10 nitrogen and oxygen atoms in total. The summed E-state index contributed by atoms with van der Waals surface area (Å²) >= 11 is 2.51. The van der Waals surface area contributed by atoms with Gasteiger partial charge in [-0.1, -0.05) is 60.7 Å². The van der Waals surface area contributed by atoms with E-state index in [-0.39, 0.29) is 5.75 Å². The van der Waals surface area contributed by atoms with Crippen LogP contribution in [0.5, 0.6) is 0 Å². The van der Waals surface area contributed by atoms with Gasteiger partial charge in [0.05, 0.1) is 5.75 Å². The van der Waals surface area contributed by atoms with Crippen LogP contribution in [0.25, 0.3) is 0 Å². The molecule has 2 unspecified atom stereocenters. The quantitative estimate of drug-likeness (QED) is 0.219. The van der Waals surface area contributed by atoms with Crippen molar-refractivity contribution in [3.63, 3.8) is 0 Å². The molecule has 224 valence electrons. The van der Waals surface area contributed by atoms with Crippen LogP contribution in [0, 0.1) is 0 Å². The number of nitrogens with one attached hydrogen (secondary N) is 2. The van der Waals surface area contributed by atoms with Crippen LogP contribution in [0.1, 0.15) is 49.6 Å². The van der Waals surface area contributed by atoms with Crippen LogP contribution < -0.4 is 10.6 Å². The van der Waals surface area contributed by atoms with Crippen LogP contribution in [0.15, 0.2) is 77.5 Å². The largest absolute Gasteiger partial charge is 0.451 e. The number of esters is 1. The lowest BCUT2D eigenvalue weighted by atomic mass is 9.98. The van der Waals surface area contributed by atoms with E-state index in [9.17, 15) is 24.0 Å². The maximum atomic E-state index is 13.5. The predicted molar refractivity (Wildman–Crippen MR) is 161 cm³/mol. The van der Waals surface area contributed by atoms with E-state index in [1.165, 1.54) is 16.2 Å².